The Balaban J connectivity index is 2.03. The predicted molar refractivity (Wildman–Crippen MR) is 110 cm³/mol. The molecular formula is C23H20ClNO5. The zero-order chi connectivity index (χ0) is 22.1. The fourth-order valence-electron chi connectivity index (χ4n) is 4.30. The van der Waals surface area contributed by atoms with Gasteiger partial charge in [0.1, 0.15) is 21.9 Å². The number of hydrogen-bond donors (Lipinski definition) is 2. The van der Waals surface area contributed by atoms with E-state index in [2.05, 4.69) is 6.07 Å². The molecule has 2 aromatic carbocycles. The Kier molecular flexibility index (Phi) is 5.60. The second-order valence-electron chi connectivity index (χ2n) is 7.74. The summed E-state index contributed by atoms with van der Waals surface area (Å²) in [7, 11) is 0. The number of nitrogens with zero attached hydrogens (tertiary/aromatic N) is 1. The van der Waals surface area contributed by atoms with Crippen molar-refractivity contribution in [2.24, 2.45) is 16.7 Å². The first kappa shape index (κ1) is 21.4. The number of halogens is 1. The Morgan fingerprint density at radius 3 is 2.33 bits per heavy atom. The Labute approximate surface area is 179 Å². The van der Waals surface area contributed by atoms with Crippen molar-refractivity contribution in [1.82, 2.24) is 0 Å². The summed E-state index contributed by atoms with van der Waals surface area (Å²) in [6, 6.07) is 17.9. The van der Waals surface area contributed by atoms with Gasteiger partial charge in [-0.05, 0) is 35.2 Å². The molecule has 3 atom stereocenters. The molecule has 1 aliphatic carbocycles. The van der Waals surface area contributed by atoms with Crippen molar-refractivity contribution in [2.45, 2.75) is 19.8 Å². The number of nitriles is 1. The van der Waals surface area contributed by atoms with Gasteiger partial charge in [0.05, 0.1) is 12.0 Å². The quantitative estimate of drug-likeness (QED) is 0.603. The summed E-state index contributed by atoms with van der Waals surface area (Å²) in [5, 5.41) is 28.7. The van der Waals surface area contributed by atoms with Crippen molar-refractivity contribution < 1.29 is 24.5 Å². The summed E-state index contributed by atoms with van der Waals surface area (Å²) >= 11 is 5.79. The average molecular weight is 426 g/mol. The van der Waals surface area contributed by atoms with E-state index in [1.54, 1.807) is 50.2 Å². The number of carboxylic acids is 2. The van der Waals surface area contributed by atoms with E-state index in [0.717, 1.165) is 0 Å². The maximum absolute atomic E-state index is 12.4. The Bertz CT molecular complexity index is 1060. The van der Waals surface area contributed by atoms with Crippen LogP contribution in [-0.4, -0.2) is 22.2 Å². The van der Waals surface area contributed by atoms with Crippen molar-refractivity contribution in [3.8, 4) is 17.6 Å². The molecule has 2 N–H and O–H groups in total. The molecule has 1 saturated carbocycles. The normalized spacial score (nSPS) is 23.1. The lowest BCUT2D eigenvalue weighted by molar-refractivity contribution is -0.145. The van der Waals surface area contributed by atoms with Crippen molar-refractivity contribution in [3.05, 3.63) is 71.3 Å². The van der Waals surface area contributed by atoms with Crippen LogP contribution in [0.2, 0.25) is 0 Å². The fraction of sp³-hybridized carbons (Fsp3) is 0.261. The molecule has 6 nitrogen and oxygen atoms in total. The van der Waals surface area contributed by atoms with Crippen LogP contribution in [0.25, 0.3) is 0 Å². The Morgan fingerprint density at radius 2 is 1.77 bits per heavy atom. The lowest BCUT2D eigenvalue weighted by Gasteiger charge is -2.22. The van der Waals surface area contributed by atoms with E-state index in [0.29, 0.717) is 17.1 Å². The summed E-state index contributed by atoms with van der Waals surface area (Å²) in [6.07, 6.45) is 1.23. The standard InChI is InChI=1S/C23H20ClNO5/c1-22(2)19(12-18(24)20(26)27)23(22,21(28)29)17(13-25)14-7-6-10-16(11-14)30-15-8-4-3-5-9-15/h3-12,17,19H,1-2H3,(H,26,27)(H,28,29)/t17?,19-,23+/m0/s1. The maximum Gasteiger partial charge on any atom is 0.346 e. The van der Waals surface area contributed by atoms with Crippen LogP contribution in [0.15, 0.2) is 65.7 Å². The Hall–Kier alpha value is -3.30. The molecular weight excluding hydrogens is 406 g/mol. The van der Waals surface area contributed by atoms with Gasteiger partial charge in [0, 0.05) is 5.92 Å². The smallest absolute Gasteiger partial charge is 0.346 e. The van der Waals surface area contributed by atoms with Crippen LogP contribution in [-0.2, 0) is 9.59 Å². The van der Waals surface area contributed by atoms with Gasteiger partial charge in [0.2, 0.25) is 0 Å². The van der Waals surface area contributed by atoms with E-state index in [-0.39, 0.29) is 0 Å². The molecule has 0 amide bonds. The molecule has 1 fully saturated rings. The van der Waals surface area contributed by atoms with Gasteiger partial charge in [0.25, 0.3) is 0 Å². The molecule has 0 saturated heterocycles. The summed E-state index contributed by atoms with van der Waals surface area (Å²) in [4.78, 5) is 23.6. The summed E-state index contributed by atoms with van der Waals surface area (Å²) < 4.78 is 5.81. The molecule has 7 heteroatoms. The summed E-state index contributed by atoms with van der Waals surface area (Å²) in [5.41, 5.74) is -1.93. The monoisotopic (exact) mass is 425 g/mol. The second kappa shape index (κ2) is 7.85. The van der Waals surface area contributed by atoms with Gasteiger partial charge in [-0.2, -0.15) is 5.26 Å². The van der Waals surface area contributed by atoms with Crippen LogP contribution in [0.4, 0.5) is 0 Å². The maximum atomic E-state index is 12.4. The number of para-hydroxylation sites is 1. The summed E-state index contributed by atoms with van der Waals surface area (Å²) in [5.74, 6) is -3.21. The van der Waals surface area contributed by atoms with Gasteiger partial charge < -0.3 is 14.9 Å². The number of allylic oxidation sites excluding steroid dienone is 1. The van der Waals surface area contributed by atoms with E-state index in [1.807, 2.05) is 18.2 Å². The van der Waals surface area contributed by atoms with Crippen molar-refractivity contribution in [3.63, 3.8) is 0 Å². The van der Waals surface area contributed by atoms with E-state index < -0.39 is 39.6 Å². The minimum atomic E-state index is -1.53. The molecule has 154 valence electrons. The number of rotatable bonds is 7. The van der Waals surface area contributed by atoms with E-state index in [9.17, 15) is 20.0 Å². The lowest BCUT2D eigenvalue weighted by atomic mass is 9.78. The third kappa shape index (κ3) is 3.42. The van der Waals surface area contributed by atoms with Gasteiger partial charge in [-0.25, -0.2) is 4.79 Å². The minimum absolute atomic E-state index is 0.464. The van der Waals surface area contributed by atoms with Crippen LogP contribution in [0.1, 0.15) is 25.3 Å². The topological polar surface area (TPSA) is 108 Å². The molecule has 1 unspecified atom stereocenters. The highest BCUT2D eigenvalue weighted by atomic mass is 35.5. The van der Waals surface area contributed by atoms with Crippen LogP contribution < -0.4 is 4.74 Å². The molecule has 0 spiro atoms. The van der Waals surface area contributed by atoms with E-state index >= 15 is 0 Å². The molecule has 3 rings (SSSR count). The van der Waals surface area contributed by atoms with Gasteiger partial charge in [-0.1, -0.05) is 61.9 Å². The zero-order valence-electron chi connectivity index (χ0n) is 16.4. The number of aliphatic carboxylic acids is 2. The highest BCUT2D eigenvalue weighted by Gasteiger charge is 2.78. The first-order valence-electron chi connectivity index (χ1n) is 9.22. The van der Waals surface area contributed by atoms with Crippen LogP contribution in [0, 0.1) is 28.1 Å². The highest BCUT2D eigenvalue weighted by Crippen LogP contribution is 2.75. The third-order valence-electron chi connectivity index (χ3n) is 5.88. The molecule has 0 radical (unpaired) electrons. The first-order chi connectivity index (χ1) is 14.2. The Morgan fingerprint density at radius 1 is 1.13 bits per heavy atom. The first-order valence-corrected chi connectivity index (χ1v) is 9.60. The highest BCUT2D eigenvalue weighted by molar-refractivity contribution is 6.41. The van der Waals surface area contributed by atoms with Crippen LogP contribution >= 0.6 is 11.6 Å². The van der Waals surface area contributed by atoms with Gasteiger partial charge in [-0.3, -0.25) is 4.79 Å². The predicted octanol–water partition coefficient (Wildman–Crippen LogP) is 5.02. The van der Waals surface area contributed by atoms with E-state index in [4.69, 9.17) is 21.4 Å². The second-order valence-corrected chi connectivity index (χ2v) is 8.15. The number of carboxylic acid groups (broad SMARTS) is 2. The van der Waals surface area contributed by atoms with Crippen molar-refractivity contribution in [2.75, 3.05) is 0 Å². The number of ether oxygens (including phenoxy) is 1. The van der Waals surface area contributed by atoms with Gasteiger partial charge >= 0.3 is 11.9 Å². The fourth-order valence-corrected chi connectivity index (χ4v) is 4.43. The molecule has 1 aliphatic rings. The van der Waals surface area contributed by atoms with E-state index in [1.165, 1.54) is 6.08 Å². The molecule has 0 bridgehead atoms. The van der Waals surface area contributed by atoms with Gasteiger partial charge in [0.15, 0.2) is 0 Å². The van der Waals surface area contributed by atoms with Crippen LogP contribution in [0.5, 0.6) is 11.5 Å². The molecule has 2 aromatic rings. The van der Waals surface area contributed by atoms with Crippen molar-refractivity contribution >= 4 is 23.5 Å². The molecule has 0 heterocycles. The number of hydrogen-bond acceptors (Lipinski definition) is 4. The van der Waals surface area contributed by atoms with Gasteiger partial charge in [-0.15, -0.1) is 0 Å². The third-order valence-corrected chi connectivity index (χ3v) is 6.16. The SMILES string of the molecule is CC1(C)[C@H](C=C(Cl)C(=O)O)[C@@]1(C(=O)O)C(C#N)c1cccc(Oc2ccccc2)c1. The average Bonchev–Trinajstić information content (AvgIpc) is 3.19. The summed E-state index contributed by atoms with van der Waals surface area (Å²) in [6.45, 7) is 3.39. The molecule has 0 aliphatic heterocycles. The number of carbonyl (C=O) groups is 2. The lowest BCUT2D eigenvalue weighted by Crippen LogP contribution is -2.28. The number of benzene rings is 2. The molecule has 0 aromatic heterocycles. The largest absolute Gasteiger partial charge is 0.481 e. The zero-order valence-corrected chi connectivity index (χ0v) is 17.1. The van der Waals surface area contributed by atoms with Crippen molar-refractivity contribution in [1.29, 1.82) is 5.26 Å². The van der Waals surface area contributed by atoms with Crippen LogP contribution in [0.3, 0.4) is 0 Å². The minimum Gasteiger partial charge on any atom is -0.481 e. The molecule has 30 heavy (non-hydrogen) atoms.